The standard InChI is InChI=1S/C19H23N5O3S/c1-13-12-27-8-7-23(13)17-9-16(19(4-5-19)28(2,25)26)15-3-6-24(18(15)22-17)14-10-20-21-11-14/h3,6,9-11,13H,4-5,7-8,12H2,1-2H3,(H,20,21)/t13-/m1/s1. The first-order valence-corrected chi connectivity index (χ1v) is 11.4. The van der Waals surface area contributed by atoms with E-state index in [0.717, 1.165) is 34.6 Å². The van der Waals surface area contributed by atoms with E-state index < -0.39 is 14.6 Å². The highest BCUT2D eigenvalue weighted by Gasteiger charge is 2.54. The monoisotopic (exact) mass is 401 g/mol. The largest absolute Gasteiger partial charge is 0.377 e. The number of aromatic nitrogens is 4. The number of anilines is 1. The molecule has 0 radical (unpaired) electrons. The van der Waals surface area contributed by atoms with E-state index in [1.165, 1.54) is 6.26 Å². The molecule has 1 atom stereocenters. The van der Waals surface area contributed by atoms with Gasteiger partial charge in [-0.2, -0.15) is 5.10 Å². The third-order valence-electron chi connectivity index (χ3n) is 5.97. The van der Waals surface area contributed by atoms with Gasteiger partial charge in [0.1, 0.15) is 11.5 Å². The van der Waals surface area contributed by atoms with Crippen molar-refractivity contribution < 1.29 is 13.2 Å². The summed E-state index contributed by atoms with van der Waals surface area (Å²) in [5, 5.41) is 7.75. The Kier molecular flexibility index (Phi) is 3.82. The highest BCUT2D eigenvalue weighted by atomic mass is 32.2. The van der Waals surface area contributed by atoms with Crippen LogP contribution in [0.15, 0.2) is 30.7 Å². The summed E-state index contributed by atoms with van der Waals surface area (Å²) >= 11 is 0. The van der Waals surface area contributed by atoms with Crippen molar-refractivity contribution >= 4 is 26.7 Å². The fourth-order valence-electron chi connectivity index (χ4n) is 4.23. The van der Waals surface area contributed by atoms with E-state index in [1.807, 2.05) is 22.9 Å². The van der Waals surface area contributed by atoms with Gasteiger partial charge in [-0.05, 0) is 37.5 Å². The van der Waals surface area contributed by atoms with Crippen LogP contribution in [-0.4, -0.2) is 60.2 Å². The predicted octanol–water partition coefficient (Wildman–Crippen LogP) is 2.01. The van der Waals surface area contributed by atoms with Crippen molar-refractivity contribution in [3.05, 3.63) is 36.3 Å². The third-order valence-corrected chi connectivity index (χ3v) is 8.02. The second-order valence-electron chi connectivity index (χ2n) is 7.79. The minimum Gasteiger partial charge on any atom is -0.377 e. The molecule has 2 aliphatic rings. The van der Waals surface area contributed by atoms with E-state index in [9.17, 15) is 8.42 Å². The van der Waals surface area contributed by atoms with Gasteiger partial charge in [0.15, 0.2) is 9.84 Å². The van der Waals surface area contributed by atoms with Gasteiger partial charge >= 0.3 is 0 Å². The maximum atomic E-state index is 12.7. The van der Waals surface area contributed by atoms with Crippen molar-refractivity contribution in [1.82, 2.24) is 19.7 Å². The number of hydrogen-bond acceptors (Lipinski definition) is 6. The minimum absolute atomic E-state index is 0.178. The molecule has 3 aromatic heterocycles. The Labute approximate surface area is 163 Å². The number of ether oxygens (including phenoxy) is 1. The molecule has 0 amide bonds. The summed E-state index contributed by atoms with van der Waals surface area (Å²) in [6.45, 7) is 4.11. The average Bonchev–Trinajstić information content (AvgIpc) is 3.11. The van der Waals surface area contributed by atoms with Crippen LogP contribution in [-0.2, 0) is 19.3 Å². The maximum Gasteiger partial charge on any atom is 0.157 e. The van der Waals surface area contributed by atoms with E-state index in [1.54, 1.807) is 12.4 Å². The topological polar surface area (TPSA) is 93.1 Å². The summed E-state index contributed by atoms with van der Waals surface area (Å²) in [5.41, 5.74) is 2.48. The van der Waals surface area contributed by atoms with Gasteiger partial charge in [0.2, 0.25) is 0 Å². The maximum absolute atomic E-state index is 12.7. The molecule has 8 nitrogen and oxygen atoms in total. The van der Waals surface area contributed by atoms with Gasteiger partial charge in [-0.3, -0.25) is 9.67 Å². The molecule has 0 spiro atoms. The van der Waals surface area contributed by atoms with Crippen molar-refractivity contribution in [1.29, 1.82) is 0 Å². The van der Waals surface area contributed by atoms with Gasteiger partial charge in [-0.25, -0.2) is 13.4 Å². The van der Waals surface area contributed by atoms with E-state index in [4.69, 9.17) is 9.72 Å². The molecule has 5 rings (SSSR count). The van der Waals surface area contributed by atoms with Crippen molar-refractivity contribution in [2.24, 2.45) is 0 Å². The molecule has 0 unspecified atom stereocenters. The van der Waals surface area contributed by atoms with Crippen LogP contribution in [0.1, 0.15) is 25.3 Å². The van der Waals surface area contributed by atoms with Crippen LogP contribution in [0.2, 0.25) is 0 Å². The smallest absolute Gasteiger partial charge is 0.157 e. The van der Waals surface area contributed by atoms with Crippen molar-refractivity contribution in [2.75, 3.05) is 30.9 Å². The molecule has 0 aromatic carbocycles. The van der Waals surface area contributed by atoms with Crippen molar-refractivity contribution in [3.8, 4) is 5.69 Å². The Balaban J connectivity index is 1.76. The zero-order valence-corrected chi connectivity index (χ0v) is 16.7. The Morgan fingerprint density at radius 2 is 2.18 bits per heavy atom. The number of aromatic amines is 1. The van der Waals surface area contributed by atoms with Crippen molar-refractivity contribution in [2.45, 2.75) is 30.6 Å². The summed E-state index contributed by atoms with van der Waals surface area (Å²) in [4.78, 5) is 7.15. The van der Waals surface area contributed by atoms with Gasteiger partial charge in [-0.1, -0.05) is 0 Å². The zero-order chi connectivity index (χ0) is 19.5. The lowest BCUT2D eigenvalue weighted by Gasteiger charge is -2.35. The van der Waals surface area contributed by atoms with Crippen LogP contribution in [0, 0.1) is 0 Å². The average molecular weight is 401 g/mol. The molecule has 148 valence electrons. The Morgan fingerprint density at radius 3 is 2.82 bits per heavy atom. The second-order valence-corrected chi connectivity index (χ2v) is 10.1. The van der Waals surface area contributed by atoms with Crippen LogP contribution in [0.4, 0.5) is 5.82 Å². The summed E-state index contributed by atoms with van der Waals surface area (Å²) in [6, 6.07) is 4.12. The number of nitrogens with one attached hydrogen (secondary N) is 1. The summed E-state index contributed by atoms with van der Waals surface area (Å²) in [5.74, 6) is 0.802. The molecule has 1 N–H and O–H groups in total. The summed E-state index contributed by atoms with van der Waals surface area (Å²) in [7, 11) is -3.24. The quantitative estimate of drug-likeness (QED) is 0.719. The number of morpholine rings is 1. The van der Waals surface area contributed by atoms with Crippen LogP contribution in [0.5, 0.6) is 0 Å². The number of pyridine rings is 1. The van der Waals surface area contributed by atoms with Gasteiger partial charge in [0, 0.05) is 30.6 Å². The van der Waals surface area contributed by atoms with Crippen LogP contribution in [0.25, 0.3) is 16.7 Å². The van der Waals surface area contributed by atoms with Crippen molar-refractivity contribution in [3.63, 3.8) is 0 Å². The normalized spacial score (nSPS) is 21.9. The zero-order valence-electron chi connectivity index (χ0n) is 15.9. The molecule has 1 saturated carbocycles. The molecular formula is C19H23N5O3S. The highest BCUT2D eigenvalue weighted by Crippen LogP contribution is 2.54. The molecular weight excluding hydrogens is 378 g/mol. The van der Waals surface area contributed by atoms with Gasteiger partial charge in [0.25, 0.3) is 0 Å². The number of sulfone groups is 1. The molecule has 28 heavy (non-hydrogen) atoms. The molecule has 9 heteroatoms. The fourth-order valence-corrected chi connectivity index (χ4v) is 5.64. The number of rotatable bonds is 4. The van der Waals surface area contributed by atoms with E-state index >= 15 is 0 Å². The van der Waals surface area contributed by atoms with E-state index in [-0.39, 0.29) is 6.04 Å². The second kappa shape index (κ2) is 6.05. The third kappa shape index (κ3) is 2.56. The minimum atomic E-state index is -3.24. The highest BCUT2D eigenvalue weighted by molar-refractivity contribution is 7.92. The molecule has 1 aliphatic heterocycles. The predicted molar refractivity (Wildman–Crippen MR) is 107 cm³/mol. The van der Waals surface area contributed by atoms with Gasteiger partial charge in [0.05, 0.1) is 35.9 Å². The molecule has 1 aliphatic carbocycles. The summed E-state index contributed by atoms with van der Waals surface area (Å²) < 4.78 is 32.1. The summed E-state index contributed by atoms with van der Waals surface area (Å²) in [6.07, 6.45) is 8.11. The van der Waals surface area contributed by atoms with Crippen LogP contribution >= 0.6 is 0 Å². The van der Waals surface area contributed by atoms with Crippen LogP contribution < -0.4 is 4.90 Å². The molecule has 2 fully saturated rings. The molecule has 0 bridgehead atoms. The number of fused-ring (bicyclic) bond motifs is 1. The molecule has 3 aromatic rings. The molecule has 4 heterocycles. The Morgan fingerprint density at radius 1 is 1.36 bits per heavy atom. The first-order valence-electron chi connectivity index (χ1n) is 9.46. The molecule has 1 saturated heterocycles. The van der Waals surface area contributed by atoms with Crippen LogP contribution in [0.3, 0.4) is 0 Å². The lowest BCUT2D eigenvalue weighted by atomic mass is 10.1. The SMILES string of the molecule is C[C@@H]1COCCN1c1cc(C2(S(C)(=O)=O)CC2)c2ccn(-c3cn[nH]c3)c2n1. The number of nitrogens with zero attached hydrogens (tertiary/aromatic N) is 4. The first kappa shape index (κ1) is 17.7. The lowest BCUT2D eigenvalue weighted by molar-refractivity contribution is 0.0985. The van der Waals surface area contributed by atoms with E-state index in [0.29, 0.717) is 26.1 Å². The van der Waals surface area contributed by atoms with E-state index in [2.05, 4.69) is 22.0 Å². The number of hydrogen-bond donors (Lipinski definition) is 1. The lowest BCUT2D eigenvalue weighted by Crippen LogP contribution is -2.44. The number of H-pyrrole nitrogens is 1. The first-order chi connectivity index (χ1) is 13.4. The fraction of sp³-hybridized carbons (Fsp3) is 0.474. The van der Waals surface area contributed by atoms with Gasteiger partial charge in [-0.15, -0.1) is 0 Å². The van der Waals surface area contributed by atoms with Gasteiger partial charge < -0.3 is 9.64 Å². The Bertz CT molecular complexity index is 1130. The Hall–Kier alpha value is -2.39.